The zero-order chi connectivity index (χ0) is 23.0. The van der Waals surface area contributed by atoms with Crippen LogP contribution in [0.5, 0.6) is 0 Å². The lowest BCUT2D eigenvalue weighted by Gasteiger charge is -2.20. The Bertz CT molecular complexity index is 357. The van der Waals surface area contributed by atoms with E-state index >= 15 is 0 Å². The maximum atomic E-state index is 10.9. The molecule has 1 atom stereocenters. The number of methoxy groups -OCH3 is 2. The molecule has 0 aromatic rings. The van der Waals surface area contributed by atoms with E-state index in [0.717, 1.165) is 25.7 Å². The molecule has 176 valence electrons. The molecule has 0 N–H and O–H groups in total. The van der Waals surface area contributed by atoms with Crippen LogP contribution in [-0.4, -0.2) is 36.7 Å². The third-order valence-electron chi connectivity index (χ3n) is 4.25. The topological polar surface area (TPSA) is 52.6 Å². The first-order valence-electron chi connectivity index (χ1n) is 11.4. The number of carbonyl (C=O) groups is 2. The van der Waals surface area contributed by atoms with Crippen LogP contribution < -0.4 is 0 Å². The molecule has 0 aromatic heterocycles. The molecule has 0 radical (unpaired) electrons. The second-order valence-electron chi connectivity index (χ2n) is 6.63. The zero-order valence-corrected chi connectivity index (χ0v) is 22.1. The fourth-order valence-corrected chi connectivity index (χ4v) is 5.79. The normalized spacial score (nSPS) is 16.8. The number of rotatable bonds is 11. The highest BCUT2D eigenvalue weighted by Crippen LogP contribution is 2.49. The van der Waals surface area contributed by atoms with E-state index < -0.39 is 0 Å². The van der Waals surface area contributed by atoms with Gasteiger partial charge in [-0.3, -0.25) is 9.59 Å². The van der Waals surface area contributed by atoms with Crippen LogP contribution in [0, 0.1) is 0 Å². The quantitative estimate of drug-likeness (QED) is 0.181. The van der Waals surface area contributed by atoms with Crippen molar-refractivity contribution < 1.29 is 19.1 Å². The van der Waals surface area contributed by atoms with Crippen molar-refractivity contribution in [2.75, 3.05) is 20.0 Å². The summed E-state index contributed by atoms with van der Waals surface area (Å²) >= 11 is 0. The van der Waals surface area contributed by atoms with Crippen molar-refractivity contribution >= 4 is 33.5 Å². The molecule has 0 aliphatic carbocycles. The summed E-state index contributed by atoms with van der Waals surface area (Å²) in [5.41, 5.74) is 0. The van der Waals surface area contributed by atoms with E-state index in [4.69, 9.17) is 0 Å². The van der Waals surface area contributed by atoms with Crippen LogP contribution in [0.4, 0.5) is 0 Å². The Kier molecular flexibility index (Phi) is 29.5. The van der Waals surface area contributed by atoms with Crippen molar-refractivity contribution in [1.29, 1.82) is 0 Å². The number of hydrogen-bond donors (Lipinski definition) is 0. The second kappa shape index (κ2) is 25.7. The van der Waals surface area contributed by atoms with Gasteiger partial charge in [-0.25, -0.2) is 0 Å². The van der Waals surface area contributed by atoms with Gasteiger partial charge in [0.05, 0.1) is 14.2 Å². The Morgan fingerprint density at radius 3 is 1.72 bits per heavy atom. The summed E-state index contributed by atoms with van der Waals surface area (Å²) in [7, 11) is 6.88. The van der Waals surface area contributed by atoms with Gasteiger partial charge in [0.25, 0.3) is 0 Å². The predicted molar refractivity (Wildman–Crippen MR) is 132 cm³/mol. The first-order valence-corrected chi connectivity index (χ1v) is 13.7. The van der Waals surface area contributed by atoms with Gasteiger partial charge < -0.3 is 9.47 Å². The molecule has 0 saturated carbocycles. The van der Waals surface area contributed by atoms with Gasteiger partial charge in [0.2, 0.25) is 0 Å². The van der Waals surface area contributed by atoms with Crippen LogP contribution in [0.25, 0.3) is 0 Å². The van der Waals surface area contributed by atoms with Crippen LogP contribution in [-0.2, 0) is 19.1 Å². The summed E-state index contributed by atoms with van der Waals surface area (Å²) in [6.45, 7) is 12.5. The molecule has 4 nitrogen and oxygen atoms in total. The van der Waals surface area contributed by atoms with Gasteiger partial charge in [-0.15, -0.1) is 0 Å². The summed E-state index contributed by atoms with van der Waals surface area (Å²) in [6, 6.07) is 0. The molecule has 1 aliphatic rings. The Morgan fingerprint density at radius 1 is 0.828 bits per heavy atom. The van der Waals surface area contributed by atoms with Gasteiger partial charge in [0.1, 0.15) is 0 Å². The van der Waals surface area contributed by atoms with E-state index in [-0.39, 0.29) is 11.9 Å². The smallest absolute Gasteiger partial charge is 0.305 e. The molecule has 6 heteroatoms. The molecule has 1 heterocycles. The lowest BCUT2D eigenvalue weighted by molar-refractivity contribution is -0.141. The first-order chi connectivity index (χ1) is 14.0. The van der Waals surface area contributed by atoms with Crippen LogP contribution in [0.15, 0.2) is 0 Å². The van der Waals surface area contributed by atoms with Crippen molar-refractivity contribution in [2.24, 2.45) is 0 Å². The highest BCUT2D eigenvalue weighted by Gasteiger charge is 2.29. The SMILES string of the molecule is CC.CC.CCCCCCCC(=O)OC.COC(=O)CCCC[C@]1(C)CCSS1. The molecule has 0 bridgehead atoms. The van der Waals surface area contributed by atoms with Gasteiger partial charge in [-0.05, 0) is 32.6 Å². The van der Waals surface area contributed by atoms with E-state index in [1.807, 2.05) is 49.3 Å². The average Bonchev–Trinajstić information content (AvgIpc) is 3.20. The number of unbranched alkanes of at least 4 members (excludes halogenated alkanes) is 5. The third kappa shape index (κ3) is 23.8. The van der Waals surface area contributed by atoms with E-state index in [1.165, 1.54) is 52.1 Å². The Balaban J connectivity index is -0.000000406. The number of hydrogen-bond acceptors (Lipinski definition) is 6. The van der Waals surface area contributed by atoms with Crippen LogP contribution in [0.2, 0.25) is 0 Å². The minimum absolute atomic E-state index is 0.0800. The Morgan fingerprint density at radius 2 is 1.31 bits per heavy atom. The van der Waals surface area contributed by atoms with Gasteiger partial charge in [-0.2, -0.15) is 0 Å². The summed E-state index contributed by atoms with van der Waals surface area (Å²) < 4.78 is 9.58. The van der Waals surface area contributed by atoms with Gasteiger partial charge in [0.15, 0.2) is 0 Å². The summed E-state index contributed by atoms with van der Waals surface area (Å²) in [4.78, 5) is 21.5. The average molecular weight is 453 g/mol. The Hall–Kier alpha value is -0.360. The van der Waals surface area contributed by atoms with Crippen molar-refractivity contribution in [2.45, 2.75) is 117 Å². The molecule has 29 heavy (non-hydrogen) atoms. The molecule has 1 aliphatic heterocycles. The molecule has 0 spiro atoms. The standard InChI is InChI=1S/C10H18O2S2.C9H18O2.2C2H6/c1-10(7-8-13-14-10)6-4-3-5-9(11)12-2;1-3-4-5-6-7-8-9(10)11-2;2*1-2/h3-8H2,1-2H3;3-8H2,1-2H3;2*1-2H3/t10-;;;/m1.../s1. The lowest BCUT2D eigenvalue weighted by Crippen LogP contribution is -2.15. The molecule has 0 aromatic carbocycles. The zero-order valence-electron chi connectivity index (χ0n) is 20.4. The molecule has 1 saturated heterocycles. The molecular weight excluding hydrogens is 404 g/mol. The minimum atomic E-state index is -0.0819. The lowest BCUT2D eigenvalue weighted by atomic mass is 9.99. The molecular formula is C23H48O4S2. The first kappa shape index (κ1) is 33.3. The molecule has 1 rings (SSSR count). The molecule has 0 unspecified atom stereocenters. The Labute approximate surface area is 189 Å². The second-order valence-corrected chi connectivity index (χ2v) is 9.63. The summed E-state index contributed by atoms with van der Waals surface area (Å²) in [5, 5.41) is 0. The fourth-order valence-electron chi connectivity index (χ4n) is 2.50. The fraction of sp³-hybridized carbons (Fsp3) is 0.913. The van der Waals surface area contributed by atoms with Crippen molar-refractivity contribution in [3.63, 3.8) is 0 Å². The maximum Gasteiger partial charge on any atom is 0.305 e. The minimum Gasteiger partial charge on any atom is -0.469 e. The van der Waals surface area contributed by atoms with E-state index in [0.29, 0.717) is 17.6 Å². The molecule has 1 fully saturated rings. The summed E-state index contributed by atoms with van der Waals surface area (Å²) in [5.74, 6) is 1.11. The largest absolute Gasteiger partial charge is 0.469 e. The monoisotopic (exact) mass is 452 g/mol. The number of ether oxygens (including phenoxy) is 2. The highest BCUT2D eigenvalue weighted by molar-refractivity contribution is 8.77. The van der Waals surface area contributed by atoms with E-state index in [9.17, 15) is 9.59 Å². The van der Waals surface area contributed by atoms with Crippen molar-refractivity contribution in [3.8, 4) is 0 Å². The number of carbonyl (C=O) groups excluding carboxylic acids is 2. The van der Waals surface area contributed by atoms with Crippen molar-refractivity contribution in [3.05, 3.63) is 0 Å². The van der Waals surface area contributed by atoms with E-state index in [1.54, 1.807) is 0 Å². The van der Waals surface area contributed by atoms with Gasteiger partial charge in [0, 0.05) is 23.3 Å². The van der Waals surface area contributed by atoms with Crippen molar-refractivity contribution in [1.82, 2.24) is 0 Å². The van der Waals surface area contributed by atoms with Gasteiger partial charge >= 0.3 is 11.9 Å². The summed E-state index contributed by atoms with van der Waals surface area (Å²) in [6.07, 6.45) is 11.7. The number of esters is 2. The predicted octanol–water partition coefficient (Wildman–Crippen LogP) is 7.84. The molecule has 0 amide bonds. The van der Waals surface area contributed by atoms with E-state index in [2.05, 4.69) is 23.3 Å². The van der Waals surface area contributed by atoms with Crippen LogP contribution in [0.3, 0.4) is 0 Å². The van der Waals surface area contributed by atoms with Gasteiger partial charge in [-0.1, -0.05) is 88.3 Å². The maximum absolute atomic E-state index is 10.9. The van der Waals surface area contributed by atoms with Crippen LogP contribution in [0.1, 0.15) is 112 Å². The third-order valence-corrected chi connectivity index (χ3v) is 7.61. The van der Waals surface area contributed by atoms with Crippen LogP contribution >= 0.6 is 21.6 Å². The highest BCUT2D eigenvalue weighted by atomic mass is 33.1.